The molecule has 7 nitrogen and oxygen atoms in total. The number of hydrogen-bond acceptors (Lipinski definition) is 5. The molecule has 1 unspecified atom stereocenters. The van der Waals surface area contributed by atoms with Gasteiger partial charge >= 0.3 is 0 Å². The van der Waals surface area contributed by atoms with E-state index in [9.17, 15) is 0 Å². The van der Waals surface area contributed by atoms with Crippen molar-refractivity contribution in [3.05, 3.63) is 18.0 Å². The van der Waals surface area contributed by atoms with Gasteiger partial charge in [0.2, 0.25) is 0 Å². The molecule has 0 saturated carbocycles. The first-order valence-electron chi connectivity index (χ1n) is 10.2. The van der Waals surface area contributed by atoms with Crippen LogP contribution < -0.4 is 5.32 Å². The maximum Gasteiger partial charge on any atom is 0.194 e. The Balaban J connectivity index is 1.52. The number of aromatic nitrogens is 1. The minimum absolute atomic E-state index is 0.607. The van der Waals surface area contributed by atoms with E-state index in [0.717, 1.165) is 64.0 Å². The van der Waals surface area contributed by atoms with Gasteiger partial charge in [-0.15, -0.1) is 0 Å². The van der Waals surface area contributed by atoms with Crippen LogP contribution in [-0.2, 0) is 6.54 Å². The number of nitrogens with one attached hydrogen (secondary N) is 1. The summed E-state index contributed by atoms with van der Waals surface area (Å²) in [7, 11) is 0. The maximum atomic E-state index is 5.00. The van der Waals surface area contributed by atoms with Crippen molar-refractivity contribution in [2.24, 2.45) is 4.99 Å². The predicted molar refractivity (Wildman–Crippen MR) is 104 cm³/mol. The zero-order valence-corrected chi connectivity index (χ0v) is 16.4. The number of likely N-dealkylation sites (N-methyl/N-ethyl adjacent to an activating group) is 1. The summed E-state index contributed by atoms with van der Waals surface area (Å²) in [6, 6.07) is 2.55. The van der Waals surface area contributed by atoms with Crippen LogP contribution in [0, 0.1) is 0 Å². The van der Waals surface area contributed by atoms with Crippen molar-refractivity contribution in [3.63, 3.8) is 0 Å². The molecule has 2 aliphatic heterocycles. The second kappa shape index (κ2) is 9.92. The Morgan fingerprint density at radius 1 is 1.23 bits per heavy atom. The normalized spacial score (nSPS) is 23.4. The molecular weight excluding hydrogens is 328 g/mol. The van der Waals surface area contributed by atoms with Gasteiger partial charge in [-0.25, -0.2) is 0 Å². The van der Waals surface area contributed by atoms with Gasteiger partial charge < -0.3 is 14.7 Å². The number of rotatable bonds is 6. The molecule has 0 spiro atoms. The number of hydrogen-bond donors (Lipinski definition) is 1. The highest BCUT2D eigenvalue weighted by Gasteiger charge is 2.23. The summed E-state index contributed by atoms with van der Waals surface area (Å²) in [4.78, 5) is 12.4. The van der Waals surface area contributed by atoms with Crippen molar-refractivity contribution in [1.82, 2.24) is 25.2 Å². The Bertz CT molecular complexity index is 538. The maximum absolute atomic E-state index is 5.00. The zero-order chi connectivity index (χ0) is 18.2. The fraction of sp³-hybridized carbons (Fsp3) is 0.789. The minimum Gasteiger partial charge on any atom is -0.364 e. The molecule has 2 fully saturated rings. The Hall–Kier alpha value is -1.60. The van der Waals surface area contributed by atoms with E-state index in [-0.39, 0.29) is 0 Å². The SMILES string of the molecule is CCNC(=NCC1CCCCN1CC)N1CCN(Cc2ccon2)CC1. The number of piperazine rings is 1. The van der Waals surface area contributed by atoms with Crippen molar-refractivity contribution in [2.45, 2.75) is 45.7 Å². The van der Waals surface area contributed by atoms with Crippen LogP contribution in [-0.4, -0.2) is 84.2 Å². The topological polar surface area (TPSA) is 60.1 Å². The van der Waals surface area contributed by atoms with Crippen LogP contribution in [0.5, 0.6) is 0 Å². The summed E-state index contributed by atoms with van der Waals surface area (Å²) < 4.78 is 4.93. The van der Waals surface area contributed by atoms with Crippen molar-refractivity contribution in [1.29, 1.82) is 0 Å². The lowest BCUT2D eigenvalue weighted by atomic mass is 10.0. The van der Waals surface area contributed by atoms with Crippen molar-refractivity contribution in [2.75, 3.05) is 52.4 Å². The largest absolute Gasteiger partial charge is 0.364 e. The van der Waals surface area contributed by atoms with Crippen LogP contribution in [0.3, 0.4) is 0 Å². The first-order valence-corrected chi connectivity index (χ1v) is 10.2. The Morgan fingerprint density at radius 3 is 2.77 bits per heavy atom. The molecule has 1 N–H and O–H groups in total. The van der Waals surface area contributed by atoms with E-state index in [1.807, 2.05) is 6.07 Å². The first kappa shape index (κ1) is 19.2. The number of piperidine rings is 1. The van der Waals surface area contributed by atoms with Crippen molar-refractivity contribution >= 4 is 5.96 Å². The summed E-state index contributed by atoms with van der Waals surface area (Å²) in [6.45, 7) is 13.5. The fourth-order valence-electron chi connectivity index (χ4n) is 3.97. The molecule has 3 heterocycles. The quantitative estimate of drug-likeness (QED) is 0.613. The van der Waals surface area contributed by atoms with Gasteiger partial charge in [-0.05, 0) is 32.9 Å². The molecule has 1 aromatic rings. The third-order valence-electron chi connectivity index (χ3n) is 5.49. The van der Waals surface area contributed by atoms with Crippen LogP contribution >= 0.6 is 0 Å². The molecular formula is C19H34N6O. The van der Waals surface area contributed by atoms with Crippen LogP contribution in [0.15, 0.2) is 21.8 Å². The molecule has 0 aliphatic carbocycles. The molecule has 0 amide bonds. The fourth-order valence-corrected chi connectivity index (χ4v) is 3.97. The summed E-state index contributed by atoms with van der Waals surface area (Å²) in [5.41, 5.74) is 1.01. The van der Waals surface area contributed by atoms with Crippen LogP contribution in [0.4, 0.5) is 0 Å². The van der Waals surface area contributed by atoms with Gasteiger partial charge in [0.05, 0.1) is 12.2 Å². The highest BCUT2D eigenvalue weighted by molar-refractivity contribution is 5.80. The van der Waals surface area contributed by atoms with Gasteiger partial charge in [-0.2, -0.15) is 0 Å². The summed E-state index contributed by atoms with van der Waals surface area (Å²) >= 11 is 0. The van der Waals surface area contributed by atoms with E-state index in [1.54, 1.807) is 6.26 Å². The van der Waals surface area contributed by atoms with Gasteiger partial charge in [-0.1, -0.05) is 18.5 Å². The summed E-state index contributed by atoms with van der Waals surface area (Å²) in [5.74, 6) is 1.08. The van der Waals surface area contributed by atoms with E-state index in [4.69, 9.17) is 9.52 Å². The molecule has 1 aromatic heterocycles. The van der Waals surface area contributed by atoms with E-state index in [1.165, 1.54) is 25.8 Å². The molecule has 0 aromatic carbocycles. The Kier molecular flexibility index (Phi) is 7.32. The third-order valence-corrected chi connectivity index (χ3v) is 5.49. The van der Waals surface area contributed by atoms with E-state index in [0.29, 0.717) is 6.04 Å². The van der Waals surface area contributed by atoms with E-state index in [2.05, 4.69) is 39.0 Å². The average molecular weight is 363 g/mol. The molecule has 2 saturated heterocycles. The lowest BCUT2D eigenvalue weighted by Crippen LogP contribution is -2.52. The van der Waals surface area contributed by atoms with Crippen LogP contribution in [0.1, 0.15) is 38.8 Å². The number of guanidine groups is 1. The van der Waals surface area contributed by atoms with Gasteiger partial charge in [-0.3, -0.25) is 14.8 Å². The van der Waals surface area contributed by atoms with Crippen molar-refractivity contribution in [3.8, 4) is 0 Å². The smallest absolute Gasteiger partial charge is 0.194 e. The lowest BCUT2D eigenvalue weighted by Gasteiger charge is -2.37. The molecule has 146 valence electrons. The molecule has 0 bridgehead atoms. The highest BCUT2D eigenvalue weighted by atomic mass is 16.5. The van der Waals surface area contributed by atoms with Gasteiger partial charge in [0.15, 0.2) is 5.96 Å². The third kappa shape index (κ3) is 5.20. The zero-order valence-electron chi connectivity index (χ0n) is 16.4. The van der Waals surface area contributed by atoms with Crippen LogP contribution in [0.2, 0.25) is 0 Å². The van der Waals surface area contributed by atoms with Gasteiger partial charge in [0.25, 0.3) is 0 Å². The van der Waals surface area contributed by atoms with Crippen LogP contribution in [0.25, 0.3) is 0 Å². The highest BCUT2D eigenvalue weighted by Crippen LogP contribution is 2.17. The average Bonchev–Trinajstić information content (AvgIpc) is 3.19. The molecule has 0 radical (unpaired) electrons. The molecule has 2 aliphatic rings. The monoisotopic (exact) mass is 362 g/mol. The number of nitrogens with zero attached hydrogens (tertiary/aromatic N) is 5. The summed E-state index contributed by atoms with van der Waals surface area (Å²) in [6.07, 6.45) is 5.60. The molecule has 7 heteroatoms. The Morgan fingerprint density at radius 2 is 2.08 bits per heavy atom. The van der Waals surface area contributed by atoms with Gasteiger partial charge in [0.1, 0.15) is 6.26 Å². The number of likely N-dealkylation sites (tertiary alicyclic amines) is 1. The molecule has 3 rings (SSSR count). The van der Waals surface area contributed by atoms with Gasteiger partial charge in [0, 0.05) is 51.4 Å². The lowest BCUT2D eigenvalue weighted by molar-refractivity contribution is 0.158. The Labute approximate surface area is 157 Å². The molecule has 1 atom stereocenters. The first-order chi connectivity index (χ1) is 12.8. The second-order valence-corrected chi connectivity index (χ2v) is 7.23. The molecule has 26 heavy (non-hydrogen) atoms. The van der Waals surface area contributed by atoms with Crippen molar-refractivity contribution < 1.29 is 4.52 Å². The second-order valence-electron chi connectivity index (χ2n) is 7.23. The number of aliphatic imine (C=N–C) groups is 1. The van der Waals surface area contributed by atoms with E-state index >= 15 is 0 Å². The van der Waals surface area contributed by atoms with E-state index < -0.39 is 0 Å². The summed E-state index contributed by atoms with van der Waals surface area (Å²) in [5, 5.41) is 7.52. The minimum atomic E-state index is 0.607. The standard InChI is InChI=1S/C19H34N6O/c1-3-20-19(21-15-18-7-5-6-9-24(18)4-2)25-12-10-23(11-13-25)16-17-8-14-26-22-17/h8,14,18H,3-7,9-13,15-16H2,1-2H3,(H,20,21). The predicted octanol–water partition coefficient (Wildman–Crippen LogP) is 1.63.